The van der Waals surface area contributed by atoms with Crippen LogP contribution >= 0.6 is 7.92 Å². The molecule has 36 heavy (non-hydrogen) atoms. The molecule has 0 spiro atoms. The molecule has 4 aromatic rings. The number of nitrogens with zero attached hydrogens (tertiary/aromatic N) is 1. The van der Waals surface area contributed by atoms with Crippen LogP contribution in [0, 0.1) is 27.7 Å². The van der Waals surface area contributed by atoms with Crippen LogP contribution < -0.4 is 25.4 Å². The van der Waals surface area contributed by atoms with E-state index in [4.69, 9.17) is 9.47 Å². The molecule has 0 aliphatic carbocycles. The van der Waals surface area contributed by atoms with Crippen LogP contribution in [0.15, 0.2) is 72.8 Å². The topological polar surface area (TPSA) is 21.7 Å². The van der Waals surface area contributed by atoms with Crippen molar-refractivity contribution in [3.63, 3.8) is 0 Å². The van der Waals surface area contributed by atoms with Gasteiger partial charge in [0.25, 0.3) is 0 Å². The molecule has 0 bridgehead atoms. The number of hydrogen-bond donors (Lipinski definition) is 0. The van der Waals surface area contributed by atoms with E-state index in [0.29, 0.717) is 0 Å². The van der Waals surface area contributed by atoms with Crippen molar-refractivity contribution >= 4 is 23.8 Å². The minimum atomic E-state index is -0.815. The molecule has 0 unspecified atom stereocenters. The van der Waals surface area contributed by atoms with E-state index in [0.717, 1.165) is 11.5 Å². The Bertz CT molecular complexity index is 1230. The van der Waals surface area contributed by atoms with Gasteiger partial charge in [-0.25, -0.2) is 6.07 Å². The first-order chi connectivity index (χ1) is 17.3. The highest BCUT2D eigenvalue weighted by Gasteiger charge is 2.23. The lowest BCUT2D eigenvalue weighted by Crippen LogP contribution is -2.29. The van der Waals surface area contributed by atoms with Crippen molar-refractivity contribution in [2.75, 3.05) is 28.3 Å². The van der Waals surface area contributed by atoms with Crippen LogP contribution in [0.3, 0.4) is 0 Å². The molecule has 3 nitrogen and oxygen atoms in total. The SMILES string of the molecule is COc1c(C)cc(P(c2cc(C)c(OC)c(C)c2)c2[cH-]ccc2[C@@H](c2ccccc2)N(C)C)cc1C. The van der Waals surface area contributed by atoms with Crippen molar-refractivity contribution < 1.29 is 9.47 Å². The fourth-order valence-corrected chi connectivity index (χ4v) is 8.27. The average molecular weight is 499 g/mol. The van der Waals surface area contributed by atoms with E-state index in [-0.39, 0.29) is 6.04 Å². The predicted octanol–water partition coefficient (Wildman–Crippen LogP) is 6.07. The van der Waals surface area contributed by atoms with Crippen LogP contribution in [0.4, 0.5) is 0 Å². The van der Waals surface area contributed by atoms with Crippen LogP contribution in [0.5, 0.6) is 11.5 Å². The third-order valence-corrected chi connectivity index (χ3v) is 9.25. The molecule has 0 radical (unpaired) electrons. The van der Waals surface area contributed by atoms with Crippen molar-refractivity contribution in [2.45, 2.75) is 33.7 Å². The Kier molecular flexibility index (Phi) is 7.93. The number of rotatable bonds is 8. The largest absolute Gasteiger partial charge is 0.496 e. The molecule has 0 aliphatic rings. The standard InChI is InChI=1S/C32H37NO2P/c1-21-17-26(18-22(2)31(21)34-7)36(27-19-23(3)32(35-8)24(4)20-27)29-16-12-15-28(29)30(33(5)6)25-13-10-9-11-14-25/h9-20,30H,1-8H3/q-1/t30-/m1/s1. The van der Waals surface area contributed by atoms with E-state index in [1.165, 1.54) is 49.3 Å². The third-order valence-electron chi connectivity index (χ3n) is 6.81. The van der Waals surface area contributed by atoms with Crippen molar-refractivity contribution in [2.24, 2.45) is 0 Å². The van der Waals surface area contributed by atoms with Gasteiger partial charge in [0.15, 0.2) is 0 Å². The van der Waals surface area contributed by atoms with E-state index < -0.39 is 7.92 Å². The lowest BCUT2D eigenvalue weighted by Gasteiger charge is -2.34. The zero-order chi connectivity index (χ0) is 26.0. The van der Waals surface area contributed by atoms with Gasteiger partial charge in [-0.15, -0.1) is 5.30 Å². The molecule has 0 saturated carbocycles. The summed E-state index contributed by atoms with van der Waals surface area (Å²) >= 11 is 0. The first-order valence-electron chi connectivity index (χ1n) is 12.3. The Morgan fingerprint density at radius 3 is 1.61 bits per heavy atom. The Morgan fingerprint density at radius 1 is 0.722 bits per heavy atom. The summed E-state index contributed by atoms with van der Waals surface area (Å²) in [6, 6.07) is 27.1. The minimum Gasteiger partial charge on any atom is -0.496 e. The molecule has 0 saturated heterocycles. The second-order valence-electron chi connectivity index (χ2n) is 9.70. The summed E-state index contributed by atoms with van der Waals surface area (Å²) < 4.78 is 11.4. The molecule has 0 aromatic heterocycles. The van der Waals surface area contributed by atoms with Gasteiger partial charge in [0, 0.05) is 6.04 Å². The van der Waals surface area contributed by atoms with Gasteiger partial charge in [0.05, 0.1) is 14.2 Å². The van der Waals surface area contributed by atoms with Crippen molar-refractivity contribution in [3.05, 3.63) is 106 Å². The Morgan fingerprint density at radius 2 is 1.19 bits per heavy atom. The second kappa shape index (κ2) is 10.9. The maximum atomic E-state index is 5.71. The first-order valence-corrected chi connectivity index (χ1v) is 13.7. The number of ether oxygens (including phenoxy) is 2. The zero-order valence-corrected chi connectivity index (χ0v) is 23.6. The Hall–Kier alpha value is -3.00. The summed E-state index contributed by atoms with van der Waals surface area (Å²) in [6.45, 7) is 8.58. The number of aryl methyl sites for hydroxylation is 4. The fraction of sp³-hybridized carbons (Fsp3) is 0.281. The molecule has 4 rings (SSSR count). The number of methoxy groups -OCH3 is 2. The summed E-state index contributed by atoms with van der Waals surface area (Å²) in [6.07, 6.45) is 0. The smallest absolute Gasteiger partial charge is 0.124 e. The molecule has 4 aromatic carbocycles. The molecule has 0 aliphatic heterocycles. The number of hydrogen-bond acceptors (Lipinski definition) is 3. The van der Waals surface area contributed by atoms with Gasteiger partial charge >= 0.3 is 0 Å². The van der Waals surface area contributed by atoms with Crippen LogP contribution in [0.25, 0.3) is 0 Å². The zero-order valence-electron chi connectivity index (χ0n) is 22.7. The van der Waals surface area contributed by atoms with Crippen molar-refractivity contribution in [1.29, 1.82) is 0 Å². The van der Waals surface area contributed by atoms with Crippen LogP contribution in [0.1, 0.15) is 39.4 Å². The van der Waals surface area contributed by atoms with Gasteiger partial charge in [0.1, 0.15) is 11.5 Å². The van der Waals surface area contributed by atoms with Gasteiger partial charge in [-0.3, -0.25) is 0 Å². The molecule has 0 heterocycles. The Labute approximate surface area is 217 Å². The summed E-state index contributed by atoms with van der Waals surface area (Å²) in [5.74, 6) is 1.93. The molecule has 0 N–H and O–H groups in total. The second-order valence-corrected chi connectivity index (χ2v) is 11.9. The van der Waals surface area contributed by atoms with Gasteiger partial charge in [-0.05, 0) is 112 Å². The maximum absolute atomic E-state index is 5.71. The van der Waals surface area contributed by atoms with Crippen LogP contribution in [-0.4, -0.2) is 33.2 Å². The maximum Gasteiger partial charge on any atom is 0.124 e. The minimum absolute atomic E-state index is 0.169. The normalized spacial score (nSPS) is 12.3. The lowest BCUT2D eigenvalue weighted by molar-refractivity contribution is 0.344. The van der Waals surface area contributed by atoms with E-state index in [1.807, 2.05) is 0 Å². The number of benzene rings is 3. The van der Waals surface area contributed by atoms with Crippen LogP contribution in [-0.2, 0) is 0 Å². The van der Waals surface area contributed by atoms with E-state index in [1.54, 1.807) is 14.2 Å². The van der Waals surface area contributed by atoms with E-state index in [2.05, 4.69) is 119 Å². The van der Waals surface area contributed by atoms with Gasteiger partial charge in [0.2, 0.25) is 0 Å². The molecule has 1 atom stereocenters. The summed E-state index contributed by atoms with van der Waals surface area (Å²) in [5.41, 5.74) is 7.33. The molecule has 0 amide bonds. The monoisotopic (exact) mass is 498 g/mol. The van der Waals surface area contributed by atoms with Crippen molar-refractivity contribution in [1.82, 2.24) is 4.90 Å². The highest BCUT2D eigenvalue weighted by molar-refractivity contribution is 7.80. The van der Waals surface area contributed by atoms with Crippen LogP contribution in [0.2, 0.25) is 0 Å². The summed E-state index contributed by atoms with van der Waals surface area (Å²) in [7, 11) is 7.03. The first kappa shape index (κ1) is 26.1. The average Bonchev–Trinajstić information content (AvgIpc) is 3.28. The van der Waals surface area contributed by atoms with Gasteiger partial charge < -0.3 is 14.4 Å². The molecular formula is C32H37NO2P-. The quantitative estimate of drug-likeness (QED) is 0.218. The summed E-state index contributed by atoms with van der Waals surface area (Å²) in [5, 5.41) is 4.06. The third kappa shape index (κ3) is 4.96. The van der Waals surface area contributed by atoms with E-state index in [9.17, 15) is 0 Å². The Balaban J connectivity index is 1.98. The highest BCUT2D eigenvalue weighted by Crippen LogP contribution is 2.41. The molecule has 0 fully saturated rings. The molecule has 188 valence electrons. The fourth-order valence-electron chi connectivity index (χ4n) is 5.43. The summed E-state index contributed by atoms with van der Waals surface area (Å²) in [4.78, 5) is 2.32. The highest BCUT2D eigenvalue weighted by atomic mass is 31.1. The van der Waals surface area contributed by atoms with Gasteiger partial charge in [-0.2, -0.15) is 17.7 Å². The van der Waals surface area contributed by atoms with E-state index >= 15 is 0 Å². The predicted molar refractivity (Wildman–Crippen MR) is 155 cm³/mol. The molecule has 4 heteroatoms. The van der Waals surface area contributed by atoms with Gasteiger partial charge in [-0.1, -0.05) is 30.3 Å². The van der Waals surface area contributed by atoms with Crippen molar-refractivity contribution in [3.8, 4) is 11.5 Å². The molecular weight excluding hydrogens is 461 g/mol. The lowest BCUT2D eigenvalue weighted by atomic mass is 10.00.